The van der Waals surface area contributed by atoms with Gasteiger partial charge in [-0.2, -0.15) is 13.2 Å². The molecule has 4 rings (SSSR count). The molecule has 1 saturated heterocycles. The van der Waals surface area contributed by atoms with Crippen LogP contribution in [0.15, 0.2) is 29.1 Å². The Bertz CT molecular complexity index is 912. The number of hydrogen-bond acceptors (Lipinski definition) is 2. The smallest absolute Gasteiger partial charge is 0.337 e. The Morgan fingerprint density at radius 1 is 1.25 bits per heavy atom. The highest BCUT2D eigenvalue weighted by molar-refractivity contribution is 6.06. The first kappa shape index (κ1) is 15.2. The summed E-state index contributed by atoms with van der Waals surface area (Å²) in [7, 11) is 0. The third kappa shape index (κ3) is 2.20. The fourth-order valence-corrected chi connectivity index (χ4v) is 3.60. The lowest BCUT2D eigenvalue weighted by Gasteiger charge is -2.41. The number of aromatic amines is 1. The fraction of sp³-hybridized carbons (Fsp3) is 0.375. The van der Waals surface area contributed by atoms with E-state index in [1.807, 2.05) is 0 Å². The van der Waals surface area contributed by atoms with Crippen LogP contribution in [-0.2, 0) is 0 Å². The maximum absolute atomic E-state index is 13.3. The first-order valence-electron chi connectivity index (χ1n) is 7.38. The van der Waals surface area contributed by atoms with E-state index in [1.54, 1.807) is 0 Å². The van der Waals surface area contributed by atoms with Crippen molar-refractivity contribution in [1.82, 2.24) is 9.88 Å². The van der Waals surface area contributed by atoms with Crippen LogP contribution in [0.25, 0.3) is 10.9 Å². The summed E-state index contributed by atoms with van der Waals surface area (Å²) in [6, 6.07) is 4.74. The van der Waals surface area contributed by atoms with E-state index < -0.39 is 34.8 Å². The molecule has 1 aromatic heterocycles. The largest absolute Gasteiger partial charge is 0.392 e. The molecule has 1 aliphatic heterocycles. The predicted molar refractivity (Wildman–Crippen MR) is 77.0 cm³/mol. The van der Waals surface area contributed by atoms with Crippen molar-refractivity contribution < 1.29 is 22.4 Å². The van der Waals surface area contributed by atoms with Crippen LogP contribution in [-0.4, -0.2) is 35.1 Å². The number of H-pyrrole nitrogens is 1. The molecule has 1 atom stereocenters. The van der Waals surface area contributed by atoms with Crippen LogP contribution in [0, 0.1) is 17.2 Å². The SMILES string of the molecule is O=C(c1cc(=O)[nH]c2cc(F)ccc12)N1CC2(CC2C(F)(F)F)C1. The molecule has 0 radical (unpaired) electrons. The zero-order chi connectivity index (χ0) is 17.3. The molecule has 1 spiro atoms. The number of halogens is 4. The van der Waals surface area contributed by atoms with E-state index in [9.17, 15) is 27.2 Å². The second kappa shape index (κ2) is 4.58. The van der Waals surface area contributed by atoms with Gasteiger partial charge in [0.2, 0.25) is 5.56 Å². The number of nitrogens with zero attached hydrogens (tertiary/aromatic N) is 1. The highest BCUT2D eigenvalue weighted by atomic mass is 19.4. The monoisotopic (exact) mass is 340 g/mol. The van der Waals surface area contributed by atoms with Gasteiger partial charge in [-0.1, -0.05) is 0 Å². The Morgan fingerprint density at radius 2 is 1.96 bits per heavy atom. The summed E-state index contributed by atoms with van der Waals surface area (Å²) in [6.45, 7) is 0.0665. The minimum absolute atomic E-state index is 0.0332. The molecule has 1 aromatic carbocycles. The number of rotatable bonds is 1. The van der Waals surface area contributed by atoms with Gasteiger partial charge in [0, 0.05) is 30.0 Å². The van der Waals surface area contributed by atoms with E-state index in [1.165, 1.54) is 11.0 Å². The van der Waals surface area contributed by atoms with Crippen LogP contribution in [0.3, 0.4) is 0 Å². The molecular weight excluding hydrogens is 328 g/mol. The Labute approximate surface area is 133 Å². The maximum atomic E-state index is 13.3. The molecule has 1 aliphatic carbocycles. The molecule has 1 amide bonds. The molecular formula is C16H12F4N2O2. The van der Waals surface area contributed by atoms with Crippen LogP contribution in [0.2, 0.25) is 0 Å². The number of fused-ring (bicyclic) bond motifs is 1. The summed E-state index contributed by atoms with van der Waals surface area (Å²) in [4.78, 5) is 28.0. The average molecular weight is 340 g/mol. The van der Waals surface area contributed by atoms with Crippen LogP contribution in [0.5, 0.6) is 0 Å². The van der Waals surface area contributed by atoms with Crippen molar-refractivity contribution in [3.8, 4) is 0 Å². The molecule has 4 nitrogen and oxygen atoms in total. The number of pyridine rings is 1. The first-order chi connectivity index (χ1) is 11.2. The molecule has 2 heterocycles. The minimum atomic E-state index is -4.23. The molecule has 1 saturated carbocycles. The molecule has 0 bridgehead atoms. The van der Waals surface area contributed by atoms with Gasteiger partial charge in [-0.05, 0) is 24.6 Å². The van der Waals surface area contributed by atoms with Crippen molar-refractivity contribution in [2.45, 2.75) is 12.6 Å². The second-order valence-electron chi connectivity index (χ2n) is 6.56. The number of benzene rings is 1. The van der Waals surface area contributed by atoms with Crippen molar-refractivity contribution in [3.63, 3.8) is 0 Å². The maximum Gasteiger partial charge on any atom is 0.392 e. The average Bonchev–Trinajstić information content (AvgIpc) is 3.19. The number of alkyl halides is 3. The van der Waals surface area contributed by atoms with Crippen molar-refractivity contribution in [1.29, 1.82) is 0 Å². The van der Waals surface area contributed by atoms with Gasteiger partial charge < -0.3 is 9.88 Å². The zero-order valence-electron chi connectivity index (χ0n) is 12.3. The fourth-order valence-electron chi connectivity index (χ4n) is 3.60. The van der Waals surface area contributed by atoms with Crippen LogP contribution < -0.4 is 5.56 Å². The number of likely N-dealkylation sites (tertiary alicyclic amines) is 1. The Balaban J connectivity index is 1.61. The summed E-state index contributed by atoms with van der Waals surface area (Å²) in [6.07, 6.45) is -4.19. The number of carbonyl (C=O) groups is 1. The molecule has 8 heteroatoms. The summed E-state index contributed by atoms with van der Waals surface area (Å²) < 4.78 is 51.4. The van der Waals surface area contributed by atoms with Crippen molar-refractivity contribution >= 4 is 16.8 Å². The van der Waals surface area contributed by atoms with Gasteiger partial charge in [-0.3, -0.25) is 9.59 Å². The summed E-state index contributed by atoms with van der Waals surface area (Å²) >= 11 is 0. The number of amides is 1. The van der Waals surface area contributed by atoms with Gasteiger partial charge >= 0.3 is 6.18 Å². The van der Waals surface area contributed by atoms with Crippen molar-refractivity contribution in [2.75, 3.05) is 13.1 Å². The topological polar surface area (TPSA) is 53.2 Å². The van der Waals surface area contributed by atoms with Gasteiger partial charge in [0.15, 0.2) is 0 Å². The standard InChI is InChI=1S/C16H12F4N2O2/c17-8-1-2-9-10(4-13(23)21-11(9)3-8)14(24)22-6-15(7-22)5-12(15)16(18,19)20/h1-4,12H,5-7H2,(H,21,23). The molecule has 2 aliphatic rings. The van der Waals surface area contributed by atoms with Crippen molar-refractivity contribution in [3.05, 3.63) is 46.0 Å². The molecule has 2 fully saturated rings. The highest BCUT2D eigenvalue weighted by Gasteiger charge is 2.71. The number of carbonyl (C=O) groups excluding carboxylic acids is 1. The quantitative estimate of drug-likeness (QED) is 0.812. The molecule has 24 heavy (non-hydrogen) atoms. The Morgan fingerprint density at radius 3 is 2.58 bits per heavy atom. The van der Waals surface area contributed by atoms with Gasteiger partial charge in [0.25, 0.3) is 5.91 Å². The zero-order valence-corrected chi connectivity index (χ0v) is 12.3. The van der Waals surface area contributed by atoms with E-state index in [-0.39, 0.29) is 30.6 Å². The van der Waals surface area contributed by atoms with Gasteiger partial charge in [0.1, 0.15) is 5.82 Å². The van der Waals surface area contributed by atoms with Crippen molar-refractivity contribution in [2.24, 2.45) is 11.3 Å². The summed E-state index contributed by atoms with van der Waals surface area (Å²) in [5.74, 6) is -2.41. The third-order valence-corrected chi connectivity index (χ3v) is 4.92. The highest BCUT2D eigenvalue weighted by Crippen LogP contribution is 2.64. The summed E-state index contributed by atoms with van der Waals surface area (Å²) in [5.41, 5.74) is -1.16. The molecule has 1 unspecified atom stereocenters. The van der Waals surface area contributed by atoms with E-state index in [2.05, 4.69) is 4.98 Å². The predicted octanol–water partition coefficient (Wildman–Crippen LogP) is 2.69. The van der Waals surface area contributed by atoms with Crippen LogP contribution in [0.1, 0.15) is 16.8 Å². The lowest BCUT2D eigenvalue weighted by Crippen LogP contribution is -2.53. The third-order valence-electron chi connectivity index (χ3n) is 4.92. The van der Waals surface area contributed by atoms with E-state index in [0.717, 1.165) is 18.2 Å². The molecule has 1 N–H and O–H groups in total. The van der Waals surface area contributed by atoms with Gasteiger partial charge in [-0.25, -0.2) is 4.39 Å². The number of aromatic nitrogens is 1. The van der Waals surface area contributed by atoms with E-state index >= 15 is 0 Å². The Hall–Kier alpha value is -2.38. The normalized spacial score (nSPS) is 21.8. The number of nitrogens with one attached hydrogen (secondary N) is 1. The number of hydrogen-bond donors (Lipinski definition) is 1. The molecule has 2 aromatic rings. The van der Waals surface area contributed by atoms with Gasteiger partial charge in [0.05, 0.1) is 17.0 Å². The lowest BCUT2D eigenvalue weighted by atomic mass is 9.92. The summed E-state index contributed by atoms with van der Waals surface area (Å²) in [5, 5.41) is 0.366. The second-order valence-corrected chi connectivity index (χ2v) is 6.56. The van der Waals surface area contributed by atoms with E-state index in [0.29, 0.717) is 5.39 Å². The first-order valence-corrected chi connectivity index (χ1v) is 7.38. The molecule has 126 valence electrons. The minimum Gasteiger partial charge on any atom is -0.337 e. The lowest BCUT2D eigenvalue weighted by molar-refractivity contribution is -0.163. The van der Waals surface area contributed by atoms with Crippen LogP contribution >= 0.6 is 0 Å². The van der Waals surface area contributed by atoms with E-state index in [4.69, 9.17) is 0 Å². The van der Waals surface area contributed by atoms with Gasteiger partial charge in [-0.15, -0.1) is 0 Å². The van der Waals surface area contributed by atoms with Crippen LogP contribution in [0.4, 0.5) is 17.6 Å². The Kier molecular flexibility index (Phi) is 2.90.